The van der Waals surface area contributed by atoms with Crippen LogP contribution in [0.2, 0.25) is 0 Å². The van der Waals surface area contributed by atoms with Crippen LogP contribution in [0, 0.1) is 0 Å². The van der Waals surface area contributed by atoms with E-state index in [9.17, 15) is 14.4 Å². The molecular formula is C20H17N3O4. The normalized spacial score (nSPS) is 13.9. The number of hydrogen-bond acceptors (Lipinski definition) is 5. The molecule has 27 heavy (non-hydrogen) atoms. The Bertz CT molecular complexity index is 1090. The van der Waals surface area contributed by atoms with Crippen molar-refractivity contribution in [2.75, 3.05) is 11.4 Å². The lowest BCUT2D eigenvalue weighted by atomic mass is 10.2. The van der Waals surface area contributed by atoms with Gasteiger partial charge in [-0.05, 0) is 36.8 Å². The van der Waals surface area contributed by atoms with E-state index in [1.807, 2.05) is 0 Å². The number of nitrogens with one attached hydrogen (secondary N) is 1. The van der Waals surface area contributed by atoms with E-state index in [1.54, 1.807) is 53.4 Å². The number of amides is 1. The molecule has 4 rings (SSSR count). The molecule has 0 radical (unpaired) electrons. The minimum atomic E-state index is -0.542. The molecule has 7 heteroatoms. The van der Waals surface area contributed by atoms with E-state index < -0.39 is 5.97 Å². The summed E-state index contributed by atoms with van der Waals surface area (Å²) in [5.41, 5.74) is 1.29. The average molecular weight is 363 g/mol. The van der Waals surface area contributed by atoms with E-state index in [0.29, 0.717) is 35.1 Å². The van der Waals surface area contributed by atoms with Gasteiger partial charge >= 0.3 is 5.97 Å². The Morgan fingerprint density at radius 2 is 2.00 bits per heavy atom. The molecule has 3 aromatic rings. The minimum Gasteiger partial charge on any atom is -0.454 e. The van der Waals surface area contributed by atoms with Gasteiger partial charge in [-0.2, -0.15) is 0 Å². The highest BCUT2D eigenvalue weighted by molar-refractivity contribution is 5.97. The molecule has 0 unspecified atom stereocenters. The van der Waals surface area contributed by atoms with Gasteiger partial charge in [-0.1, -0.05) is 18.2 Å². The highest BCUT2D eigenvalue weighted by Gasteiger charge is 2.22. The fourth-order valence-corrected chi connectivity index (χ4v) is 3.14. The Labute approximate surface area is 154 Å². The second-order valence-corrected chi connectivity index (χ2v) is 6.31. The zero-order chi connectivity index (χ0) is 18.8. The number of aromatic nitrogens is 2. The maximum atomic E-state index is 12.4. The number of carbonyl (C=O) groups is 2. The molecule has 1 aliphatic rings. The number of fused-ring (bicyclic) bond motifs is 1. The van der Waals surface area contributed by atoms with Crippen molar-refractivity contribution in [1.29, 1.82) is 0 Å². The van der Waals surface area contributed by atoms with Crippen molar-refractivity contribution >= 4 is 28.5 Å². The van der Waals surface area contributed by atoms with E-state index >= 15 is 0 Å². The molecule has 1 fully saturated rings. The number of ether oxygens (including phenoxy) is 1. The van der Waals surface area contributed by atoms with Gasteiger partial charge in [0.05, 0.1) is 16.5 Å². The van der Waals surface area contributed by atoms with Crippen LogP contribution in [0.25, 0.3) is 10.9 Å². The molecule has 0 aliphatic carbocycles. The van der Waals surface area contributed by atoms with Crippen LogP contribution in [-0.2, 0) is 16.1 Å². The minimum absolute atomic E-state index is 0.0541. The van der Waals surface area contributed by atoms with Crippen molar-refractivity contribution < 1.29 is 14.3 Å². The Hall–Kier alpha value is -3.48. The summed E-state index contributed by atoms with van der Waals surface area (Å²) in [4.78, 5) is 44.9. The number of para-hydroxylation sites is 1. The third-order valence-corrected chi connectivity index (χ3v) is 4.47. The number of esters is 1. The molecule has 0 bridgehead atoms. The van der Waals surface area contributed by atoms with E-state index in [2.05, 4.69) is 9.97 Å². The number of hydrogen-bond donors (Lipinski definition) is 1. The third-order valence-electron chi connectivity index (χ3n) is 4.47. The average Bonchev–Trinajstić information content (AvgIpc) is 3.12. The molecule has 0 atom stereocenters. The maximum absolute atomic E-state index is 12.4. The lowest BCUT2D eigenvalue weighted by Gasteiger charge is -2.16. The van der Waals surface area contributed by atoms with Crippen LogP contribution in [0.4, 0.5) is 5.69 Å². The number of carbonyl (C=O) groups excluding carboxylic acids is 2. The monoisotopic (exact) mass is 363 g/mol. The zero-order valence-corrected chi connectivity index (χ0v) is 14.5. The van der Waals surface area contributed by atoms with Crippen LogP contribution >= 0.6 is 0 Å². The first-order valence-electron chi connectivity index (χ1n) is 8.67. The van der Waals surface area contributed by atoms with E-state index in [1.165, 1.54) is 0 Å². The molecule has 1 aromatic heterocycles. The fraction of sp³-hybridized carbons (Fsp3) is 0.200. The number of benzene rings is 2. The van der Waals surface area contributed by atoms with Gasteiger partial charge in [-0.15, -0.1) is 0 Å². The number of nitrogens with zero attached hydrogens (tertiary/aromatic N) is 2. The Balaban J connectivity index is 1.50. The summed E-state index contributed by atoms with van der Waals surface area (Å²) >= 11 is 0. The van der Waals surface area contributed by atoms with Crippen LogP contribution in [0.5, 0.6) is 0 Å². The molecular weight excluding hydrogens is 346 g/mol. The van der Waals surface area contributed by atoms with Crippen LogP contribution in [-0.4, -0.2) is 28.4 Å². The fourth-order valence-electron chi connectivity index (χ4n) is 3.14. The lowest BCUT2D eigenvalue weighted by molar-refractivity contribution is -0.117. The molecule has 0 spiro atoms. The predicted molar refractivity (Wildman–Crippen MR) is 99.5 cm³/mol. The predicted octanol–water partition coefficient (Wildman–Crippen LogP) is 2.41. The van der Waals surface area contributed by atoms with Crippen molar-refractivity contribution in [1.82, 2.24) is 9.97 Å². The standard InChI is InChI=1S/C20H17N3O4/c24-18-9-4-10-23(18)14-6-3-5-13(11-14)20(26)27-12-17-21-16-8-2-1-7-15(16)19(25)22-17/h1-3,5-8,11H,4,9-10,12H2,(H,21,22,25). The summed E-state index contributed by atoms with van der Waals surface area (Å²) in [6.07, 6.45) is 1.34. The van der Waals surface area contributed by atoms with E-state index in [-0.39, 0.29) is 23.9 Å². The molecule has 1 amide bonds. The van der Waals surface area contributed by atoms with Crippen LogP contribution < -0.4 is 10.5 Å². The molecule has 136 valence electrons. The first-order chi connectivity index (χ1) is 13.1. The van der Waals surface area contributed by atoms with Crippen LogP contribution in [0.1, 0.15) is 29.0 Å². The zero-order valence-electron chi connectivity index (χ0n) is 14.5. The molecule has 1 N–H and O–H groups in total. The SMILES string of the molecule is O=C(OCc1nc2ccccc2c(=O)[nH]1)c1cccc(N2CCCC2=O)c1. The number of H-pyrrole nitrogens is 1. The summed E-state index contributed by atoms with van der Waals surface area (Å²) in [5.74, 6) is -0.212. The summed E-state index contributed by atoms with van der Waals surface area (Å²) < 4.78 is 5.29. The highest BCUT2D eigenvalue weighted by Crippen LogP contribution is 2.22. The summed E-state index contributed by atoms with van der Waals surface area (Å²) in [6.45, 7) is 0.505. The molecule has 1 aliphatic heterocycles. The van der Waals surface area contributed by atoms with E-state index in [0.717, 1.165) is 6.42 Å². The maximum Gasteiger partial charge on any atom is 0.338 e. The Morgan fingerprint density at radius 1 is 1.15 bits per heavy atom. The Kier molecular flexibility index (Phi) is 4.42. The number of aromatic amines is 1. The van der Waals surface area contributed by atoms with Crippen molar-refractivity contribution in [2.45, 2.75) is 19.4 Å². The van der Waals surface area contributed by atoms with Gasteiger partial charge in [0.1, 0.15) is 12.4 Å². The summed E-state index contributed by atoms with van der Waals surface area (Å²) in [6, 6.07) is 13.7. The largest absolute Gasteiger partial charge is 0.454 e. The second-order valence-electron chi connectivity index (χ2n) is 6.31. The number of rotatable bonds is 4. The number of anilines is 1. The van der Waals surface area contributed by atoms with Gasteiger partial charge in [-0.3, -0.25) is 9.59 Å². The van der Waals surface area contributed by atoms with Crippen molar-refractivity contribution in [3.8, 4) is 0 Å². The van der Waals surface area contributed by atoms with Gasteiger partial charge in [0.25, 0.3) is 5.56 Å². The summed E-state index contributed by atoms with van der Waals surface area (Å²) in [5, 5.41) is 0.482. The van der Waals surface area contributed by atoms with Crippen LogP contribution in [0.15, 0.2) is 53.3 Å². The molecule has 0 saturated carbocycles. The smallest absolute Gasteiger partial charge is 0.338 e. The van der Waals surface area contributed by atoms with Crippen molar-refractivity contribution in [3.63, 3.8) is 0 Å². The molecule has 1 saturated heterocycles. The first kappa shape index (κ1) is 17.0. The lowest BCUT2D eigenvalue weighted by Crippen LogP contribution is -2.24. The van der Waals surface area contributed by atoms with Gasteiger partial charge in [0, 0.05) is 18.7 Å². The molecule has 2 aromatic carbocycles. The first-order valence-corrected chi connectivity index (χ1v) is 8.67. The third kappa shape index (κ3) is 3.44. The summed E-state index contributed by atoms with van der Waals surface area (Å²) in [7, 11) is 0. The van der Waals surface area contributed by atoms with Gasteiger partial charge in [0.15, 0.2) is 0 Å². The molecule has 7 nitrogen and oxygen atoms in total. The van der Waals surface area contributed by atoms with Gasteiger partial charge in [-0.25, -0.2) is 9.78 Å². The van der Waals surface area contributed by atoms with Crippen molar-refractivity contribution in [2.24, 2.45) is 0 Å². The highest BCUT2D eigenvalue weighted by atomic mass is 16.5. The second kappa shape index (κ2) is 7.03. The van der Waals surface area contributed by atoms with Crippen molar-refractivity contribution in [3.05, 3.63) is 70.3 Å². The quantitative estimate of drug-likeness (QED) is 0.719. The van der Waals surface area contributed by atoms with Crippen LogP contribution in [0.3, 0.4) is 0 Å². The van der Waals surface area contributed by atoms with Gasteiger partial charge in [0.2, 0.25) is 5.91 Å². The van der Waals surface area contributed by atoms with E-state index in [4.69, 9.17) is 4.74 Å². The molecule has 2 heterocycles. The van der Waals surface area contributed by atoms with Gasteiger partial charge < -0.3 is 14.6 Å². The topological polar surface area (TPSA) is 92.4 Å². The Morgan fingerprint density at radius 3 is 2.81 bits per heavy atom.